The van der Waals surface area contributed by atoms with Gasteiger partial charge in [-0.1, -0.05) is 0 Å². The van der Waals surface area contributed by atoms with Crippen LogP contribution in [0.5, 0.6) is 5.75 Å². The first-order chi connectivity index (χ1) is 10.3. The molecule has 4 nitrogen and oxygen atoms in total. The lowest BCUT2D eigenvalue weighted by molar-refractivity contribution is 0.273. The van der Waals surface area contributed by atoms with Crippen molar-refractivity contribution >= 4 is 11.0 Å². The molecule has 3 rings (SSSR count). The number of benzene rings is 1. The van der Waals surface area contributed by atoms with Gasteiger partial charge in [0.2, 0.25) is 0 Å². The number of furan rings is 1. The molecule has 0 saturated heterocycles. The Kier molecular flexibility index (Phi) is 3.52. The van der Waals surface area contributed by atoms with Gasteiger partial charge in [0.25, 0.3) is 0 Å². The molecule has 0 saturated carbocycles. The first kappa shape index (κ1) is 13.1. The zero-order valence-electron chi connectivity index (χ0n) is 11.0. The van der Waals surface area contributed by atoms with Gasteiger partial charge in [-0.3, -0.25) is 4.98 Å². The second kappa shape index (κ2) is 5.63. The number of nitriles is 1. The number of rotatable bonds is 4. The summed E-state index contributed by atoms with van der Waals surface area (Å²) in [6.45, 7) is -0.504. The van der Waals surface area contributed by atoms with Crippen molar-refractivity contribution in [3.8, 4) is 23.1 Å². The van der Waals surface area contributed by atoms with Gasteiger partial charge in [0, 0.05) is 23.3 Å². The Labute approximate surface area is 120 Å². The first-order valence-electron chi connectivity index (χ1n) is 6.38. The van der Waals surface area contributed by atoms with Crippen LogP contribution in [0.3, 0.4) is 0 Å². The highest BCUT2D eigenvalue weighted by Crippen LogP contribution is 2.31. The van der Waals surface area contributed by atoms with E-state index in [0.717, 1.165) is 5.39 Å². The molecule has 0 bridgehead atoms. The summed E-state index contributed by atoms with van der Waals surface area (Å²) < 4.78 is 23.1. The molecule has 2 aromatic heterocycles. The molecule has 0 aliphatic carbocycles. The van der Waals surface area contributed by atoms with E-state index in [9.17, 15) is 4.39 Å². The van der Waals surface area contributed by atoms with Gasteiger partial charge < -0.3 is 9.15 Å². The van der Waals surface area contributed by atoms with Crippen LogP contribution in [0.2, 0.25) is 0 Å². The maximum absolute atomic E-state index is 12.1. The number of nitrogens with zero attached hydrogens (tertiary/aromatic N) is 2. The van der Waals surface area contributed by atoms with Crippen LogP contribution in [0.4, 0.5) is 4.39 Å². The minimum Gasteiger partial charge on any atom is -0.491 e. The van der Waals surface area contributed by atoms with E-state index >= 15 is 0 Å². The number of hydrogen-bond donors (Lipinski definition) is 0. The van der Waals surface area contributed by atoms with E-state index in [2.05, 4.69) is 11.1 Å². The van der Waals surface area contributed by atoms with Crippen molar-refractivity contribution in [1.29, 1.82) is 5.26 Å². The summed E-state index contributed by atoms with van der Waals surface area (Å²) in [7, 11) is 0. The monoisotopic (exact) mass is 282 g/mol. The lowest BCUT2D eigenvalue weighted by atomic mass is 10.1. The van der Waals surface area contributed by atoms with Crippen molar-refractivity contribution < 1.29 is 13.5 Å². The second-order valence-electron chi connectivity index (χ2n) is 4.38. The van der Waals surface area contributed by atoms with Crippen LogP contribution < -0.4 is 4.74 Å². The predicted octanol–water partition coefficient (Wildman–Crippen LogP) is 3.71. The van der Waals surface area contributed by atoms with Gasteiger partial charge in [0.05, 0.1) is 5.56 Å². The van der Waals surface area contributed by atoms with E-state index < -0.39 is 6.67 Å². The van der Waals surface area contributed by atoms with E-state index in [1.807, 2.05) is 6.07 Å². The third-order valence-corrected chi connectivity index (χ3v) is 3.04. The van der Waals surface area contributed by atoms with Crippen LogP contribution in [-0.4, -0.2) is 18.3 Å². The molecule has 2 heterocycles. The number of aromatic nitrogens is 1. The smallest absolute Gasteiger partial charge is 0.136 e. The average molecular weight is 282 g/mol. The molecule has 21 heavy (non-hydrogen) atoms. The van der Waals surface area contributed by atoms with Crippen LogP contribution in [0.15, 0.2) is 47.1 Å². The van der Waals surface area contributed by atoms with Gasteiger partial charge in [-0.05, 0) is 30.3 Å². The number of hydrogen-bond acceptors (Lipinski definition) is 4. The van der Waals surface area contributed by atoms with Gasteiger partial charge in [-0.2, -0.15) is 5.26 Å². The summed E-state index contributed by atoms with van der Waals surface area (Å²) in [6.07, 6.45) is 3.11. The molecule has 3 aromatic rings. The number of alkyl halides is 1. The number of ether oxygens (including phenoxy) is 1. The molecule has 0 radical (unpaired) electrons. The summed E-state index contributed by atoms with van der Waals surface area (Å²) in [4.78, 5) is 3.92. The summed E-state index contributed by atoms with van der Waals surface area (Å²) in [5.41, 5.74) is 1.82. The van der Waals surface area contributed by atoms with Gasteiger partial charge in [0.15, 0.2) is 0 Å². The summed E-state index contributed by atoms with van der Waals surface area (Å²) >= 11 is 0. The highest BCUT2D eigenvalue weighted by molar-refractivity contribution is 5.85. The normalized spacial score (nSPS) is 10.5. The topological polar surface area (TPSA) is 59.0 Å². The second-order valence-corrected chi connectivity index (χ2v) is 4.38. The zero-order valence-corrected chi connectivity index (χ0v) is 11.0. The van der Waals surface area contributed by atoms with Crippen LogP contribution in [0, 0.1) is 11.3 Å². The third-order valence-electron chi connectivity index (χ3n) is 3.04. The molecule has 1 aromatic carbocycles. The van der Waals surface area contributed by atoms with E-state index in [4.69, 9.17) is 14.4 Å². The van der Waals surface area contributed by atoms with E-state index in [1.165, 1.54) is 6.20 Å². The van der Waals surface area contributed by atoms with Gasteiger partial charge >= 0.3 is 0 Å². The van der Waals surface area contributed by atoms with Crippen molar-refractivity contribution in [2.75, 3.05) is 13.3 Å². The first-order valence-corrected chi connectivity index (χ1v) is 6.38. The third kappa shape index (κ3) is 2.56. The van der Waals surface area contributed by atoms with Crippen molar-refractivity contribution in [2.45, 2.75) is 0 Å². The van der Waals surface area contributed by atoms with Gasteiger partial charge in [-0.25, -0.2) is 4.39 Å². The van der Waals surface area contributed by atoms with Crippen LogP contribution >= 0.6 is 0 Å². The number of halogens is 1. The Bertz CT molecular complexity index is 821. The Morgan fingerprint density at radius 2 is 2.19 bits per heavy atom. The highest BCUT2D eigenvalue weighted by atomic mass is 19.1. The molecule has 0 amide bonds. The molecular formula is C16H11FN2O2. The Morgan fingerprint density at radius 1 is 1.29 bits per heavy atom. The Balaban J connectivity index is 2.03. The lowest BCUT2D eigenvalue weighted by Crippen LogP contribution is -1.97. The zero-order chi connectivity index (χ0) is 14.7. The number of pyridine rings is 1. The van der Waals surface area contributed by atoms with E-state index in [-0.39, 0.29) is 6.61 Å². The average Bonchev–Trinajstić information content (AvgIpc) is 2.95. The molecule has 0 fully saturated rings. The largest absolute Gasteiger partial charge is 0.491 e. The number of fused-ring (bicyclic) bond motifs is 1. The fourth-order valence-corrected chi connectivity index (χ4v) is 2.10. The van der Waals surface area contributed by atoms with Crippen LogP contribution in [0.25, 0.3) is 22.3 Å². The minimum atomic E-state index is -0.531. The standard InChI is InChI=1S/C16H11FN2O2/c17-4-6-20-13-1-2-15-11(7-13)8-16(21-15)14-3-5-19-10-12(14)9-18/h1-3,5,7-8,10H,4,6H2. The molecule has 5 heteroatoms. The minimum absolute atomic E-state index is 0.0269. The highest BCUT2D eigenvalue weighted by Gasteiger charge is 2.11. The predicted molar refractivity (Wildman–Crippen MR) is 75.6 cm³/mol. The molecule has 0 aliphatic heterocycles. The molecule has 0 spiro atoms. The SMILES string of the molecule is N#Cc1cnccc1-c1cc2cc(OCCF)ccc2o1. The quantitative estimate of drug-likeness (QED) is 0.731. The Morgan fingerprint density at radius 3 is 3.00 bits per heavy atom. The lowest BCUT2D eigenvalue weighted by Gasteiger charge is -2.01. The van der Waals surface area contributed by atoms with Crippen LogP contribution in [-0.2, 0) is 0 Å². The van der Waals surface area contributed by atoms with Crippen molar-refractivity contribution in [3.63, 3.8) is 0 Å². The molecule has 0 aliphatic rings. The summed E-state index contributed by atoms with van der Waals surface area (Å²) in [5.74, 6) is 1.18. The molecular weight excluding hydrogens is 271 g/mol. The van der Waals surface area contributed by atoms with E-state index in [0.29, 0.717) is 28.2 Å². The van der Waals surface area contributed by atoms with Crippen molar-refractivity contribution in [3.05, 3.63) is 48.3 Å². The molecule has 104 valence electrons. The molecule has 0 unspecified atom stereocenters. The maximum atomic E-state index is 12.1. The molecule has 0 N–H and O–H groups in total. The maximum Gasteiger partial charge on any atom is 0.136 e. The summed E-state index contributed by atoms with van der Waals surface area (Å²) in [6, 6.07) is 10.9. The fourth-order valence-electron chi connectivity index (χ4n) is 2.10. The summed E-state index contributed by atoms with van der Waals surface area (Å²) in [5, 5.41) is 9.94. The Hall–Kier alpha value is -2.87. The molecule has 0 atom stereocenters. The van der Waals surface area contributed by atoms with Gasteiger partial charge in [0.1, 0.15) is 36.4 Å². The van der Waals surface area contributed by atoms with E-state index in [1.54, 1.807) is 30.5 Å². The van der Waals surface area contributed by atoms with Gasteiger partial charge in [-0.15, -0.1) is 0 Å². The van der Waals surface area contributed by atoms with Crippen LogP contribution in [0.1, 0.15) is 5.56 Å². The van der Waals surface area contributed by atoms with Crippen molar-refractivity contribution in [1.82, 2.24) is 4.98 Å². The van der Waals surface area contributed by atoms with Crippen molar-refractivity contribution in [2.24, 2.45) is 0 Å². The fraction of sp³-hybridized carbons (Fsp3) is 0.125.